The van der Waals surface area contributed by atoms with Crippen LogP contribution in [0.15, 0.2) is 36.8 Å². The van der Waals surface area contributed by atoms with E-state index in [2.05, 4.69) is 28.3 Å². The lowest BCUT2D eigenvalue weighted by Crippen LogP contribution is -2.11. The zero-order valence-corrected chi connectivity index (χ0v) is 13.2. The Labute approximate surface area is 136 Å². The molecule has 0 saturated heterocycles. The van der Waals surface area contributed by atoms with Crippen molar-refractivity contribution >= 4 is 5.82 Å². The zero-order valence-electron chi connectivity index (χ0n) is 13.2. The van der Waals surface area contributed by atoms with Gasteiger partial charge in [0.15, 0.2) is 11.6 Å². The van der Waals surface area contributed by atoms with Crippen molar-refractivity contribution in [1.82, 2.24) is 9.97 Å². The highest BCUT2D eigenvalue weighted by Gasteiger charge is 2.04. The summed E-state index contributed by atoms with van der Waals surface area (Å²) in [5.74, 6) is 2.03. The average Bonchev–Trinajstić information content (AvgIpc) is 2.60. The van der Waals surface area contributed by atoms with Crippen molar-refractivity contribution in [3.63, 3.8) is 0 Å². The zero-order chi connectivity index (χ0) is 16.3. The quantitative estimate of drug-likeness (QED) is 0.717. The van der Waals surface area contributed by atoms with E-state index in [4.69, 9.17) is 14.7 Å². The molecule has 0 amide bonds. The van der Waals surface area contributed by atoms with Crippen LogP contribution >= 0.6 is 0 Å². The van der Waals surface area contributed by atoms with Gasteiger partial charge in [0.25, 0.3) is 0 Å². The molecule has 120 valence electrons. The number of ether oxygens (including phenoxy) is 2. The van der Waals surface area contributed by atoms with E-state index in [9.17, 15) is 0 Å². The van der Waals surface area contributed by atoms with Crippen molar-refractivity contribution in [2.24, 2.45) is 0 Å². The summed E-state index contributed by atoms with van der Waals surface area (Å²) < 4.78 is 11.2. The van der Waals surface area contributed by atoms with Gasteiger partial charge in [0, 0.05) is 6.54 Å². The van der Waals surface area contributed by atoms with Gasteiger partial charge in [-0.15, -0.1) is 0 Å². The number of aromatic nitrogens is 2. The molecule has 6 nitrogen and oxygen atoms in total. The Balaban J connectivity index is 1.78. The number of nitrogens with zero attached hydrogens (tertiary/aromatic N) is 3. The molecule has 2 aromatic rings. The lowest BCUT2D eigenvalue weighted by molar-refractivity contribution is 0.217. The number of anilines is 1. The summed E-state index contributed by atoms with van der Waals surface area (Å²) in [5, 5.41) is 12.0. The van der Waals surface area contributed by atoms with E-state index >= 15 is 0 Å². The lowest BCUT2D eigenvalue weighted by Gasteiger charge is -2.12. The van der Waals surface area contributed by atoms with Crippen molar-refractivity contribution in [2.45, 2.75) is 19.8 Å². The van der Waals surface area contributed by atoms with Gasteiger partial charge in [0.1, 0.15) is 25.3 Å². The molecule has 1 aromatic carbocycles. The van der Waals surface area contributed by atoms with Crippen LogP contribution in [0.4, 0.5) is 5.82 Å². The Hall–Kier alpha value is -2.81. The maximum absolute atomic E-state index is 8.74. The Morgan fingerprint density at radius 3 is 2.70 bits per heavy atom. The van der Waals surface area contributed by atoms with Crippen LogP contribution in [0.1, 0.15) is 25.3 Å². The molecule has 2 rings (SSSR count). The van der Waals surface area contributed by atoms with Gasteiger partial charge in [-0.25, -0.2) is 9.97 Å². The normalized spacial score (nSPS) is 9.91. The van der Waals surface area contributed by atoms with Crippen LogP contribution in [0.25, 0.3) is 0 Å². The van der Waals surface area contributed by atoms with Crippen molar-refractivity contribution in [3.8, 4) is 17.6 Å². The second-order valence-corrected chi connectivity index (χ2v) is 4.85. The van der Waals surface area contributed by atoms with Gasteiger partial charge < -0.3 is 14.8 Å². The molecular weight excluding hydrogens is 292 g/mol. The van der Waals surface area contributed by atoms with Gasteiger partial charge in [-0.2, -0.15) is 5.26 Å². The van der Waals surface area contributed by atoms with E-state index < -0.39 is 0 Å². The Kier molecular flexibility index (Phi) is 6.66. The summed E-state index contributed by atoms with van der Waals surface area (Å²) in [5.41, 5.74) is 0.609. The average molecular weight is 312 g/mol. The lowest BCUT2D eigenvalue weighted by atomic mass is 10.2. The third-order valence-electron chi connectivity index (χ3n) is 3.09. The van der Waals surface area contributed by atoms with Crippen molar-refractivity contribution in [1.29, 1.82) is 5.26 Å². The molecule has 0 aliphatic rings. The summed E-state index contributed by atoms with van der Waals surface area (Å²) in [7, 11) is 0. The number of hydrogen-bond donors (Lipinski definition) is 1. The fourth-order valence-corrected chi connectivity index (χ4v) is 1.88. The number of nitriles is 1. The van der Waals surface area contributed by atoms with Gasteiger partial charge in [-0.3, -0.25) is 0 Å². The molecule has 23 heavy (non-hydrogen) atoms. The van der Waals surface area contributed by atoms with Crippen LogP contribution in [-0.2, 0) is 0 Å². The Bertz CT molecular complexity index is 638. The Morgan fingerprint density at radius 2 is 1.96 bits per heavy atom. The molecule has 0 spiro atoms. The summed E-state index contributed by atoms with van der Waals surface area (Å²) >= 11 is 0. The predicted octanol–water partition coefficient (Wildman–Crippen LogP) is 3.02. The van der Waals surface area contributed by atoms with Gasteiger partial charge >= 0.3 is 0 Å². The van der Waals surface area contributed by atoms with Gasteiger partial charge in [-0.1, -0.05) is 13.3 Å². The highest BCUT2D eigenvalue weighted by molar-refractivity contribution is 5.47. The SMILES string of the molecule is CCCCNc1ncncc1OCCOc1ccc(C#N)cc1. The molecule has 0 unspecified atom stereocenters. The monoisotopic (exact) mass is 312 g/mol. The molecule has 0 aliphatic carbocycles. The smallest absolute Gasteiger partial charge is 0.180 e. The van der Waals surface area contributed by atoms with E-state index in [0.717, 1.165) is 19.4 Å². The third kappa shape index (κ3) is 5.47. The fourth-order valence-electron chi connectivity index (χ4n) is 1.88. The van der Waals surface area contributed by atoms with Crippen LogP contribution in [-0.4, -0.2) is 29.7 Å². The van der Waals surface area contributed by atoms with Crippen molar-refractivity contribution in [3.05, 3.63) is 42.4 Å². The van der Waals surface area contributed by atoms with Crippen LogP contribution in [0.2, 0.25) is 0 Å². The van der Waals surface area contributed by atoms with E-state index in [0.29, 0.717) is 36.1 Å². The summed E-state index contributed by atoms with van der Waals surface area (Å²) in [6.45, 7) is 3.77. The first-order chi connectivity index (χ1) is 11.3. The minimum Gasteiger partial charge on any atom is -0.490 e. The number of rotatable bonds is 9. The number of nitrogens with one attached hydrogen (secondary N) is 1. The minimum absolute atomic E-state index is 0.385. The van der Waals surface area contributed by atoms with E-state index in [1.54, 1.807) is 30.5 Å². The maximum Gasteiger partial charge on any atom is 0.180 e. The fraction of sp³-hybridized carbons (Fsp3) is 0.353. The molecule has 1 aromatic heterocycles. The van der Waals surface area contributed by atoms with Crippen LogP contribution in [0.3, 0.4) is 0 Å². The largest absolute Gasteiger partial charge is 0.490 e. The standard InChI is InChI=1S/C17H20N4O2/c1-2-3-8-20-17-16(12-19-13-21-17)23-10-9-22-15-6-4-14(11-18)5-7-15/h4-7,12-13H,2-3,8-10H2,1H3,(H,19,20,21). The summed E-state index contributed by atoms with van der Waals surface area (Å²) in [6, 6.07) is 9.04. The Morgan fingerprint density at radius 1 is 1.17 bits per heavy atom. The molecular formula is C17H20N4O2. The molecule has 0 radical (unpaired) electrons. The van der Waals surface area contributed by atoms with Crippen LogP contribution < -0.4 is 14.8 Å². The first kappa shape index (κ1) is 16.6. The third-order valence-corrected chi connectivity index (χ3v) is 3.09. The number of benzene rings is 1. The molecule has 1 N–H and O–H groups in total. The molecule has 0 saturated carbocycles. The van der Waals surface area contributed by atoms with E-state index in [-0.39, 0.29) is 0 Å². The first-order valence-electron chi connectivity index (χ1n) is 7.63. The van der Waals surface area contributed by atoms with Crippen LogP contribution in [0, 0.1) is 11.3 Å². The second kappa shape index (κ2) is 9.26. The maximum atomic E-state index is 8.74. The topological polar surface area (TPSA) is 80.1 Å². The number of unbranched alkanes of at least 4 members (excludes halogenated alkanes) is 1. The van der Waals surface area contributed by atoms with E-state index in [1.807, 2.05) is 0 Å². The minimum atomic E-state index is 0.385. The summed E-state index contributed by atoms with van der Waals surface area (Å²) in [4.78, 5) is 8.17. The highest BCUT2D eigenvalue weighted by Crippen LogP contribution is 2.19. The van der Waals surface area contributed by atoms with Crippen LogP contribution in [0.5, 0.6) is 11.5 Å². The molecule has 0 fully saturated rings. The molecule has 6 heteroatoms. The molecule has 1 heterocycles. The van der Waals surface area contributed by atoms with Crippen molar-refractivity contribution in [2.75, 3.05) is 25.1 Å². The molecule has 0 aliphatic heterocycles. The van der Waals surface area contributed by atoms with Gasteiger partial charge in [0.05, 0.1) is 17.8 Å². The second-order valence-electron chi connectivity index (χ2n) is 4.85. The van der Waals surface area contributed by atoms with Gasteiger partial charge in [0.2, 0.25) is 0 Å². The van der Waals surface area contributed by atoms with Crippen molar-refractivity contribution < 1.29 is 9.47 Å². The molecule has 0 atom stereocenters. The van der Waals surface area contributed by atoms with E-state index in [1.165, 1.54) is 6.33 Å². The number of hydrogen-bond acceptors (Lipinski definition) is 6. The van der Waals surface area contributed by atoms with Gasteiger partial charge in [-0.05, 0) is 30.7 Å². The molecule has 0 bridgehead atoms. The summed E-state index contributed by atoms with van der Waals surface area (Å²) in [6.07, 6.45) is 5.33. The highest BCUT2D eigenvalue weighted by atomic mass is 16.5. The predicted molar refractivity (Wildman–Crippen MR) is 87.6 cm³/mol. The first-order valence-corrected chi connectivity index (χ1v) is 7.63.